The van der Waals surface area contributed by atoms with E-state index in [1.165, 1.54) is 24.3 Å². The Labute approximate surface area is 199 Å². The predicted molar refractivity (Wildman–Crippen MR) is 126 cm³/mol. The van der Waals surface area contributed by atoms with Crippen LogP contribution in [0.5, 0.6) is 17.2 Å². The summed E-state index contributed by atoms with van der Waals surface area (Å²) in [5.41, 5.74) is 0.715. The molecule has 0 aliphatic carbocycles. The van der Waals surface area contributed by atoms with Crippen molar-refractivity contribution in [2.75, 3.05) is 13.1 Å². The molecule has 1 aromatic heterocycles. The minimum atomic E-state index is -4.98. The van der Waals surface area contributed by atoms with Crippen molar-refractivity contribution >= 4 is 11.0 Å². The minimum Gasteiger partial charge on any atom is -0.507 e. The Balaban J connectivity index is 1.58. The van der Waals surface area contributed by atoms with Crippen LogP contribution in [0.3, 0.4) is 0 Å². The molecular formula is C27H22F3NO4. The Morgan fingerprint density at radius 2 is 1.57 bits per heavy atom. The van der Waals surface area contributed by atoms with Crippen molar-refractivity contribution in [1.82, 2.24) is 4.90 Å². The summed E-state index contributed by atoms with van der Waals surface area (Å²) in [6, 6.07) is 18.4. The van der Waals surface area contributed by atoms with E-state index in [2.05, 4.69) is 0 Å². The van der Waals surface area contributed by atoms with Gasteiger partial charge in [-0.2, -0.15) is 13.2 Å². The van der Waals surface area contributed by atoms with E-state index >= 15 is 0 Å². The first-order chi connectivity index (χ1) is 16.8. The summed E-state index contributed by atoms with van der Waals surface area (Å²) in [6.07, 6.45) is -3.06. The molecule has 8 heteroatoms. The fourth-order valence-corrected chi connectivity index (χ4v) is 4.35. The van der Waals surface area contributed by atoms with Gasteiger partial charge in [0.25, 0.3) is 5.76 Å². The highest BCUT2D eigenvalue weighted by Crippen LogP contribution is 2.40. The van der Waals surface area contributed by atoms with Crippen LogP contribution in [-0.4, -0.2) is 23.1 Å². The van der Waals surface area contributed by atoms with Gasteiger partial charge in [0.1, 0.15) is 17.1 Å². The quantitative estimate of drug-likeness (QED) is 0.349. The lowest BCUT2D eigenvalue weighted by molar-refractivity contribution is -0.154. The Morgan fingerprint density at radius 3 is 2.23 bits per heavy atom. The van der Waals surface area contributed by atoms with Crippen LogP contribution < -0.4 is 10.2 Å². The van der Waals surface area contributed by atoms with E-state index in [-0.39, 0.29) is 34.6 Å². The number of hydrogen-bond acceptors (Lipinski definition) is 5. The van der Waals surface area contributed by atoms with Crippen molar-refractivity contribution in [3.63, 3.8) is 0 Å². The van der Waals surface area contributed by atoms with Crippen LogP contribution in [0.15, 0.2) is 75.9 Å². The van der Waals surface area contributed by atoms with Crippen LogP contribution in [0.4, 0.5) is 13.2 Å². The molecule has 5 nitrogen and oxygen atoms in total. The first kappa shape index (κ1) is 23.0. The maximum absolute atomic E-state index is 14.0. The fraction of sp³-hybridized carbons (Fsp3) is 0.222. The maximum Gasteiger partial charge on any atom is 0.453 e. The van der Waals surface area contributed by atoms with E-state index in [9.17, 15) is 23.1 Å². The highest BCUT2D eigenvalue weighted by Gasteiger charge is 2.41. The molecule has 0 saturated carbocycles. The topological polar surface area (TPSA) is 62.9 Å². The van der Waals surface area contributed by atoms with Gasteiger partial charge in [-0.1, -0.05) is 42.5 Å². The minimum absolute atomic E-state index is 0.0675. The molecule has 1 saturated heterocycles. The average Bonchev–Trinajstić information content (AvgIpc) is 3.36. The Bertz CT molecular complexity index is 1410. The summed E-state index contributed by atoms with van der Waals surface area (Å²) in [7, 11) is 0. The fourth-order valence-electron chi connectivity index (χ4n) is 4.35. The van der Waals surface area contributed by atoms with Crippen LogP contribution >= 0.6 is 0 Å². The Hall–Kier alpha value is -3.78. The van der Waals surface area contributed by atoms with E-state index < -0.39 is 23.1 Å². The molecule has 0 unspecified atom stereocenters. The highest BCUT2D eigenvalue weighted by atomic mass is 19.4. The molecule has 4 aromatic rings. The van der Waals surface area contributed by atoms with Gasteiger partial charge in [0.15, 0.2) is 0 Å². The molecule has 0 radical (unpaired) electrons. The number of hydrogen-bond donors (Lipinski definition) is 1. The van der Waals surface area contributed by atoms with E-state index in [4.69, 9.17) is 9.15 Å². The number of fused-ring (bicyclic) bond motifs is 1. The van der Waals surface area contributed by atoms with Gasteiger partial charge in [-0.15, -0.1) is 0 Å². The Kier molecular flexibility index (Phi) is 5.98. The second-order valence-electron chi connectivity index (χ2n) is 8.50. The van der Waals surface area contributed by atoms with Crippen LogP contribution in [0.2, 0.25) is 0 Å². The van der Waals surface area contributed by atoms with Crippen LogP contribution in [-0.2, 0) is 12.7 Å². The number of nitrogens with zero attached hydrogens (tertiary/aromatic N) is 1. The van der Waals surface area contributed by atoms with Gasteiger partial charge in [0, 0.05) is 6.54 Å². The molecular weight excluding hydrogens is 459 g/mol. The number of likely N-dealkylation sites (tertiary alicyclic amines) is 1. The van der Waals surface area contributed by atoms with Gasteiger partial charge in [-0.3, -0.25) is 9.69 Å². The summed E-state index contributed by atoms with van der Waals surface area (Å²) in [5.74, 6) is -2.62. The van der Waals surface area contributed by atoms with Crippen molar-refractivity contribution in [3.05, 3.63) is 88.3 Å². The zero-order chi connectivity index (χ0) is 24.6. The van der Waals surface area contributed by atoms with Gasteiger partial charge >= 0.3 is 6.18 Å². The number of phenols is 1. The van der Waals surface area contributed by atoms with Crippen molar-refractivity contribution in [2.45, 2.75) is 25.6 Å². The Morgan fingerprint density at radius 1 is 0.914 bits per heavy atom. The maximum atomic E-state index is 14.0. The lowest BCUT2D eigenvalue weighted by Crippen LogP contribution is -2.20. The molecule has 1 N–H and O–H groups in total. The third-order valence-corrected chi connectivity index (χ3v) is 6.12. The van der Waals surface area contributed by atoms with Gasteiger partial charge in [-0.25, -0.2) is 0 Å². The normalized spacial score (nSPS) is 14.5. The van der Waals surface area contributed by atoms with Crippen molar-refractivity contribution in [3.8, 4) is 28.4 Å². The number of benzene rings is 3. The molecule has 0 bridgehead atoms. The van der Waals surface area contributed by atoms with Gasteiger partial charge in [0.2, 0.25) is 11.2 Å². The van der Waals surface area contributed by atoms with Crippen molar-refractivity contribution in [1.29, 1.82) is 0 Å². The van der Waals surface area contributed by atoms with Gasteiger partial charge < -0.3 is 14.3 Å². The second kappa shape index (κ2) is 9.11. The van der Waals surface area contributed by atoms with Crippen molar-refractivity contribution < 1.29 is 27.4 Å². The molecule has 1 fully saturated rings. The molecule has 5 rings (SSSR count). The standard InChI is InChI=1S/C27H22F3NO4/c28-27(29,30)26-25(34-19-10-8-18(9-11-19)17-6-2-1-3-7-17)23(33)20-12-13-22(32)21(24(20)35-26)16-31-14-4-5-15-31/h1-3,6-13,32H,4-5,14-16H2. The van der Waals surface area contributed by atoms with Crippen LogP contribution in [0, 0.1) is 0 Å². The van der Waals surface area contributed by atoms with Crippen LogP contribution in [0.1, 0.15) is 24.2 Å². The third kappa shape index (κ3) is 4.61. The monoisotopic (exact) mass is 481 g/mol. The number of rotatable bonds is 5. The average molecular weight is 481 g/mol. The molecule has 0 amide bonds. The SMILES string of the molecule is O=c1c(Oc2ccc(-c3ccccc3)cc2)c(C(F)(F)F)oc2c(CN3CCCC3)c(O)ccc12. The smallest absolute Gasteiger partial charge is 0.453 e. The zero-order valence-electron chi connectivity index (χ0n) is 18.6. The highest BCUT2D eigenvalue weighted by molar-refractivity contribution is 5.83. The van der Waals surface area contributed by atoms with E-state index in [0.717, 1.165) is 37.1 Å². The molecule has 35 heavy (non-hydrogen) atoms. The zero-order valence-corrected chi connectivity index (χ0v) is 18.6. The number of ether oxygens (including phenoxy) is 1. The van der Waals surface area contributed by atoms with E-state index in [1.54, 1.807) is 12.1 Å². The molecule has 1 aliphatic heterocycles. The summed E-state index contributed by atoms with van der Waals surface area (Å²) in [5, 5.41) is 10.3. The summed E-state index contributed by atoms with van der Waals surface area (Å²) in [4.78, 5) is 15.2. The summed E-state index contributed by atoms with van der Waals surface area (Å²) >= 11 is 0. The van der Waals surface area contributed by atoms with E-state index in [0.29, 0.717) is 0 Å². The molecule has 1 aliphatic rings. The number of halogens is 3. The second-order valence-corrected chi connectivity index (χ2v) is 8.50. The number of alkyl halides is 3. The predicted octanol–water partition coefficient (Wildman–Crippen LogP) is 6.57. The molecule has 0 atom stereocenters. The molecule has 180 valence electrons. The van der Waals surface area contributed by atoms with Crippen LogP contribution in [0.25, 0.3) is 22.1 Å². The summed E-state index contributed by atoms with van der Waals surface area (Å²) < 4.78 is 52.7. The molecule has 0 spiro atoms. The first-order valence-corrected chi connectivity index (χ1v) is 11.3. The number of phenolic OH excluding ortho intramolecular Hbond substituents is 1. The third-order valence-electron chi connectivity index (χ3n) is 6.12. The molecule has 3 aromatic carbocycles. The lowest BCUT2D eigenvalue weighted by Gasteiger charge is -2.18. The molecule has 2 heterocycles. The van der Waals surface area contributed by atoms with E-state index in [1.807, 2.05) is 35.2 Å². The summed E-state index contributed by atoms with van der Waals surface area (Å²) in [6.45, 7) is 1.70. The lowest BCUT2D eigenvalue weighted by atomic mass is 10.1. The van der Waals surface area contributed by atoms with Gasteiger partial charge in [0.05, 0.1) is 10.9 Å². The van der Waals surface area contributed by atoms with Gasteiger partial charge in [-0.05, 0) is 61.3 Å². The first-order valence-electron chi connectivity index (χ1n) is 11.3. The van der Waals surface area contributed by atoms with Crippen molar-refractivity contribution in [2.24, 2.45) is 0 Å². The largest absolute Gasteiger partial charge is 0.507 e. The number of aromatic hydroxyl groups is 1.